The van der Waals surface area contributed by atoms with E-state index in [4.69, 9.17) is 11.6 Å². The molecule has 1 aliphatic rings. The molecule has 1 aromatic carbocycles. The van der Waals surface area contributed by atoms with Gasteiger partial charge in [0.1, 0.15) is 5.82 Å². The molecule has 0 saturated carbocycles. The predicted octanol–water partition coefficient (Wildman–Crippen LogP) is 3.91. The average Bonchev–Trinajstić information content (AvgIpc) is 3.09. The lowest BCUT2D eigenvalue weighted by Gasteiger charge is -2.16. The number of carbonyl (C=O) groups is 1. The van der Waals surface area contributed by atoms with Gasteiger partial charge < -0.3 is 10.2 Å². The van der Waals surface area contributed by atoms with Crippen molar-refractivity contribution in [3.8, 4) is 0 Å². The maximum absolute atomic E-state index is 12.0. The molecule has 0 atom stereocenters. The Bertz CT molecular complexity index is 666. The number of amides is 1. The number of hydrogen-bond donors (Lipinski definition) is 1. The summed E-state index contributed by atoms with van der Waals surface area (Å²) in [5, 5.41) is 3.59. The van der Waals surface area contributed by atoms with Crippen molar-refractivity contribution in [2.75, 3.05) is 23.3 Å². The largest absolute Gasteiger partial charge is 0.357 e. The van der Waals surface area contributed by atoms with Crippen LogP contribution in [-0.4, -0.2) is 24.0 Å². The first-order valence-corrected chi connectivity index (χ1v) is 8.34. The minimum Gasteiger partial charge on any atom is -0.357 e. The van der Waals surface area contributed by atoms with Crippen molar-refractivity contribution in [3.05, 3.63) is 53.2 Å². The molecule has 5 heteroatoms. The minimum atomic E-state index is -0.0272. The van der Waals surface area contributed by atoms with Crippen molar-refractivity contribution < 1.29 is 4.79 Å². The summed E-state index contributed by atoms with van der Waals surface area (Å²) < 4.78 is 0. The first-order chi connectivity index (χ1) is 11.2. The number of nitrogens with zero attached hydrogens (tertiary/aromatic N) is 2. The Hall–Kier alpha value is -2.07. The van der Waals surface area contributed by atoms with Crippen molar-refractivity contribution in [3.63, 3.8) is 0 Å². The first kappa shape index (κ1) is 15.8. The highest BCUT2D eigenvalue weighted by Crippen LogP contribution is 2.20. The predicted molar refractivity (Wildman–Crippen MR) is 94.1 cm³/mol. The van der Waals surface area contributed by atoms with Gasteiger partial charge in [-0.3, -0.25) is 4.79 Å². The van der Waals surface area contributed by atoms with E-state index in [1.807, 2.05) is 36.4 Å². The van der Waals surface area contributed by atoms with Crippen LogP contribution in [0, 0.1) is 0 Å². The van der Waals surface area contributed by atoms with Crippen molar-refractivity contribution >= 4 is 29.0 Å². The quantitative estimate of drug-likeness (QED) is 0.904. The summed E-state index contributed by atoms with van der Waals surface area (Å²) in [6.07, 6.45) is 5.20. The van der Waals surface area contributed by atoms with Crippen molar-refractivity contribution in [1.29, 1.82) is 0 Å². The number of hydrogen-bond acceptors (Lipinski definition) is 3. The van der Waals surface area contributed by atoms with E-state index in [-0.39, 0.29) is 5.91 Å². The third kappa shape index (κ3) is 4.23. The Balaban J connectivity index is 1.52. The lowest BCUT2D eigenvalue weighted by Crippen LogP contribution is -2.19. The van der Waals surface area contributed by atoms with Gasteiger partial charge in [-0.2, -0.15) is 0 Å². The summed E-state index contributed by atoms with van der Waals surface area (Å²) in [7, 11) is 0. The van der Waals surface area contributed by atoms with E-state index in [2.05, 4.69) is 15.2 Å². The van der Waals surface area contributed by atoms with Gasteiger partial charge in [0, 0.05) is 24.5 Å². The van der Waals surface area contributed by atoms with Gasteiger partial charge in [-0.25, -0.2) is 4.98 Å². The van der Waals surface area contributed by atoms with Crippen LogP contribution in [0.5, 0.6) is 0 Å². The van der Waals surface area contributed by atoms with Gasteiger partial charge in [0.05, 0.1) is 11.9 Å². The summed E-state index contributed by atoms with van der Waals surface area (Å²) in [5.74, 6) is 0.956. The summed E-state index contributed by atoms with van der Waals surface area (Å²) in [5.41, 5.74) is 1.73. The van der Waals surface area contributed by atoms with Crippen LogP contribution in [0.4, 0.5) is 11.5 Å². The van der Waals surface area contributed by atoms with Crippen LogP contribution in [0.2, 0.25) is 5.02 Å². The molecule has 120 valence electrons. The molecule has 2 heterocycles. The van der Waals surface area contributed by atoms with Crippen molar-refractivity contribution in [2.45, 2.75) is 25.7 Å². The Kier molecular flexibility index (Phi) is 5.13. The van der Waals surface area contributed by atoms with Crippen LogP contribution in [-0.2, 0) is 11.2 Å². The van der Waals surface area contributed by atoms with Crippen LogP contribution in [0.3, 0.4) is 0 Å². The first-order valence-electron chi connectivity index (χ1n) is 7.96. The van der Waals surface area contributed by atoms with Gasteiger partial charge >= 0.3 is 0 Å². The van der Waals surface area contributed by atoms with Crippen LogP contribution in [0.1, 0.15) is 24.8 Å². The maximum atomic E-state index is 12.0. The zero-order valence-corrected chi connectivity index (χ0v) is 13.7. The molecule has 1 amide bonds. The Morgan fingerprint density at radius 2 is 1.96 bits per heavy atom. The highest BCUT2D eigenvalue weighted by molar-refractivity contribution is 6.31. The molecule has 1 saturated heterocycles. The fraction of sp³-hybridized carbons (Fsp3) is 0.333. The Labute approximate surface area is 141 Å². The summed E-state index contributed by atoms with van der Waals surface area (Å²) in [6, 6.07) is 11.5. The number of anilines is 2. The van der Waals surface area contributed by atoms with Crippen molar-refractivity contribution in [1.82, 2.24) is 4.98 Å². The van der Waals surface area contributed by atoms with Gasteiger partial charge in [-0.15, -0.1) is 0 Å². The molecule has 3 rings (SSSR count). The van der Waals surface area contributed by atoms with Crippen LogP contribution < -0.4 is 10.2 Å². The second kappa shape index (κ2) is 7.47. The van der Waals surface area contributed by atoms with E-state index in [1.54, 1.807) is 6.20 Å². The topological polar surface area (TPSA) is 45.2 Å². The number of rotatable bonds is 5. The third-order valence-electron chi connectivity index (χ3n) is 4.04. The minimum absolute atomic E-state index is 0.0272. The van der Waals surface area contributed by atoms with E-state index in [1.165, 1.54) is 12.8 Å². The standard InChI is InChI=1S/C18H20ClN3O/c19-16-6-2-1-5-14(16)7-10-18(23)21-15-8-9-17(20-13-15)22-11-3-4-12-22/h1-2,5-6,8-9,13H,3-4,7,10-12H2,(H,21,23). The monoisotopic (exact) mass is 329 g/mol. The number of aromatic nitrogens is 1. The van der Waals surface area contributed by atoms with E-state index in [9.17, 15) is 4.79 Å². The molecule has 0 spiro atoms. The summed E-state index contributed by atoms with van der Waals surface area (Å²) in [4.78, 5) is 18.7. The Morgan fingerprint density at radius 3 is 2.65 bits per heavy atom. The van der Waals surface area contributed by atoms with Crippen LogP contribution >= 0.6 is 11.6 Å². The molecule has 1 N–H and O–H groups in total. The van der Waals surface area contributed by atoms with E-state index in [0.29, 0.717) is 17.9 Å². The molecule has 0 bridgehead atoms. The second-order valence-electron chi connectivity index (χ2n) is 5.74. The molecule has 2 aromatic rings. The van der Waals surface area contributed by atoms with Crippen LogP contribution in [0.15, 0.2) is 42.6 Å². The zero-order valence-electron chi connectivity index (χ0n) is 13.0. The molecular weight excluding hydrogens is 310 g/mol. The van der Waals surface area contributed by atoms with Gasteiger partial charge in [0.15, 0.2) is 0 Å². The molecule has 0 radical (unpaired) electrons. The fourth-order valence-corrected chi connectivity index (χ4v) is 3.00. The van der Waals surface area contributed by atoms with Crippen LogP contribution in [0.25, 0.3) is 0 Å². The smallest absolute Gasteiger partial charge is 0.224 e. The molecular formula is C18H20ClN3O. The number of carbonyl (C=O) groups excluding carboxylic acids is 1. The van der Waals surface area contributed by atoms with E-state index >= 15 is 0 Å². The zero-order chi connectivity index (χ0) is 16.1. The van der Waals surface area contributed by atoms with E-state index < -0.39 is 0 Å². The number of benzene rings is 1. The normalized spacial score (nSPS) is 14.0. The molecule has 1 aromatic heterocycles. The SMILES string of the molecule is O=C(CCc1ccccc1Cl)Nc1ccc(N2CCCC2)nc1. The summed E-state index contributed by atoms with van der Waals surface area (Å²) in [6.45, 7) is 2.13. The maximum Gasteiger partial charge on any atom is 0.224 e. The number of nitrogens with one attached hydrogen (secondary N) is 1. The molecule has 1 aliphatic heterocycles. The highest BCUT2D eigenvalue weighted by atomic mass is 35.5. The molecule has 1 fully saturated rings. The van der Waals surface area contributed by atoms with Gasteiger partial charge in [-0.1, -0.05) is 29.8 Å². The lowest BCUT2D eigenvalue weighted by molar-refractivity contribution is -0.116. The molecule has 4 nitrogen and oxygen atoms in total. The fourth-order valence-electron chi connectivity index (χ4n) is 2.77. The second-order valence-corrected chi connectivity index (χ2v) is 6.15. The average molecular weight is 330 g/mol. The molecule has 0 aliphatic carbocycles. The van der Waals surface area contributed by atoms with Gasteiger partial charge in [0.25, 0.3) is 0 Å². The molecule has 0 unspecified atom stereocenters. The van der Waals surface area contributed by atoms with Gasteiger partial charge in [-0.05, 0) is 43.0 Å². The number of halogens is 1. The highest BCUT2D eigenvalue weighted by Gasteiger charge is 2.13. The van der Waals surface area contributed by atoms with E-state index in [0.717, 1.165) is 30.2 Å². The number of pyridine rings is 1. The van der Waals surface area contributed by atoms with Gasteiger partial charge in [0.2, 0.25) is 5.91 Å². The summed E-state index contributed by atoms with van der Waals surface area (Å²) >= 11 is 6.10. The molecule has 23 heavy (non-hydrogen) atoms. The van der Waals surface area contributed by atoms with Crippen molar-refractivity contribution in [2.24, 2.45) is 0 Å². The third-order valence-corrected chi connectivity index (χ3v) is 4.41. The lowest BCUT2D eigenvalue weighted by atomic mass is 10.1. The number of aryl methyl sites for hydroxylation is 1. The Morgan fingerprint density at radius 1 is 1.17 bits per heavy atom.